The third-order valence-corrected chi connectivity index (χ3v) is 6.85. The standard InChI is InChI=1S/C19H20N2O3S2/c22-16(20-15-6-8-26-19(15)24)11-25-10-14-9-13-4-1-3-12-5-2-7-21(17(12)13)18(14)23/h1,3-4,9,15H,2,5-8,10-11H2,(H,20,22). The molecule has 5 nitrogen and oxygen atoms in total. The molecule has 26 heavy (non-hydrogen) atoms. The lowest BCUT2D eigenvalue weighted by Crippen LogP contribution is -2.38. The van der Waals surface area contributed by atoms with Gasteiger partial charge < -0.3 is 9.88 Å². The Morgan fingerprint density at radius 3 is 3.04 bits per heavy atom. The number of nitrogens with zero attached hydrogens (tertiary/aromatic N) is 1. The molecular weight excluding hydrogens is 368 g/mol. The average molecular weight is 389 g/mol. The molecule has 136 valence electrons. The highest BCUT2D eigenvalue weighted by atomic mass is 32.2. The first-order valence-electron chi connectivity index (χ1n) is 8.81. The smallest absolute Gasteiger partial charge is 0.255 e. The third-order valence-electron chi connectivity index (χ3n) is 4.86. The van der Waals surface area contributed by atoms with Gasteiger partial charge in [0.2, 0.25) is 11.0 Å². The molecule has 1 amide bonds. The summed E-state index contributed by atoms with van der Waals surface area (Å²) in [6.07, 6.45) is 2.71. The Bertz CT molecular complexity index is 938. The minimum absolute atomic E-state index is 0.0472. The van der Waals surface area contributed by atoms with E-state index in [0.717, 1.165) is 41.6 Å². The average Bonchev–Trinajstić information content (AvgIpc) is 3.04. The fourth-order valence-corrected chi connectivity index (χ4v) is 5.37. The molecule has 1 N–H and O–H groups in total. The van der Waals surface area contributed by atoms with Gasteiger partial charge in [-0.05, 0) is 36.3 Å². The number of aromatic nitrogens is 1. The van der Waals surface area contributed by atoms with E-state index in [1.165, 1.54) is 29.1 Å². The quantitative estimate of drug-likeness (QED) is 0.851. The molecule has 0 saturated carbocycles. The highest BCUT2D eigenvalue weighted by Crippen LogP contribution is 2.25. The molecule has 3 heterocycles. The van der Waals surface area contributed by atoms with Gasteiger partial charge in [-0.25, -0.2) is 0 Å². The fourth-order valence-electron chi connectivity index (χ4n) is 3.64. The molecule has 7 heteroatoms. The lowest BCUT2D eigenvalue weighted by Gasteiger charge is -2.20. The molecule has 1 saturated heterocycles. The van der Waals surface area contributed by atoms with Crippen LogP contribution in [0.1, 0.15) is 24.0 Å². The van der Waals surface area contributed by atoms with Gasteiger partial charge in [-0.3, -0.25) is 14.4 Å². The first kappa shape index (κ1) is 17.7. The van der Waals surface area contributed by atoms with Gasteiger partial charge in [0.25, 0.3) is 5.56 Å². The first-order valence-corrected chi connectivity index (χ1v) is 11.0. The summed E-state index contributed by atoms with van der Waals surface area (Å²) in [6.45, 7) is 0.757. The lowest BCUT2D eigenvalue weighted by molar-refractivity contribution is -0.122. The van der Waals surface area contributed by atoms with Gasteiger partial charge in [0.1, 0.15) is 0 Å². The molecule has 1 atom stereocenters. The van der Waals surface area contributed by atoms with Crippen molar-refractivity contribution in [1.82, 2.24) is 9.88 Å². The van der Waals surface area contributed by atoms with Crippen molar-refractivity contribution in [2.24, 2.45) is 0 Å². The molecule has 1 fully saturated rings. The zero-order valence-electron chi connectivity index (χ0n) is 14.3. The van der Waals surface area contributed by atoms with Crippen LogP contribution in [0.3, 0.4) is 0 Å². The van der Waals surface area contributed by atoms with Gasteiger partial charge in [0.05, 0.1) is 17.3 Å². The zero-order valence-corrected chi connectivity index (χ0v) is 16.0. The van der Waals surface area contributed by atoms with E-state index < -0.39 is 0 Å². The maximum absolute atomic E-state index is 12.8. The van der Waals surface area contributed by atoms with E-state index in [4.69, 9.17) is 0 Å². The molecule has 1 aromatic heterocycles. The Morgan fingerprint density at radius 2 is 2.23 bits per heavy atom. The Kier molecular flexibility index (Phi) is 5.09. The second kappa shape index (κ2) is 7.48. The monoisotopic (exact) mass is 388 g/mol. The highest BCUT2D eigenvalue weighted by Gasteiger charge is 2.26. The zero-order chi connectivity index (χ0) is 18.1. The molecule has 2 aliphatic heterocycles. The van der Waals surface area contributed by atoms with E-state index in [9.17, 15) is 14.4 Å². The normalized spacial score (nSPS) is 19.1. The number of thioether (sulfide) groups is 2. The van der Waals surface area contributed by atoms with Crippen molar-refractivity contribution in [2.45, 2.75) is 37.6 Å². The topological polar surface area (TPSA) is 68.2 Å². The molecule has 2 aliphatic rings. The Labute approximate surface area is 159 Å². The minimum Gasteiger partial charge on any atom is -0.345 e. The van der Waals surface area contributed by atoms with Crippen LogP contribution < -0.4 is 10.9 Å². The second-order valence-corrected chi connectivity index (χ2v) is 8.74. The van der Waals surface area contributed by atoms with Crippen LogP contribution in [0.5, 0.6) is 0 Å². The largest absolute Gasteiger partial charge is 0.345 e. The van der Waals surface area contributed by atoms with Crippen LogP contribution in [0.2, 0.25) is 0 Å². The summed E-state index contributed by atoms with van der Waals surface area (Å²) in [6, 6.07) is 7.80. The summed E-state index contributed by atoms with van der Waals surface area (Å²) in [5.41, 5.74) is 3.10. The molecule has 0 radical (unpaired) electrons. The summed E-state index contributed by atoms with van der Waals surface area (Å²) in [4.78, 5) is 36.4. The molecule has 1 aromatic carbocycles. The van der Waals surface area contributed by atoms with Gasteiger partial charge in [0, 0.05) is 23.6 Å². The van der Waals surface area contributed by atoms with Gasteiger partial charge in [-0.2, -0.15) is 0 Å². The number of rotatable bonds is 5. The van der Waals surface area contributed by atoms with Crippen molar-refractivity contribution in [3.63, 3.8) is 0 Å². The maximum Gasteiger partial charge on any atom is 0.255 e. The van der Waals surface area contributed by atoms with Crippen LogP contribution in [0.15, 0.2) is 29.1 Å². The molecule has 4 rings (SSSR count). The van der Waals surface area contributed by atoms with Gasteiger partial charge in [-0.15, -0.1) is 11.8 Å². The molecule has 0 bridgehead atoms. The number of amides is 1. The molecule has 1 unspecified atom stereocenters. The van der Waals surface area contributed by atoms with Crippen LogP contribution in [-0.2, 0) is 28.3 Å². The number of aryl methyl sites for hydroxylation is 2. The summed E-state index contributed by atoms with van der Waals surface area (Å²) in [7, 11) is 0. The van der Waals surface area contributed by atoms with E-state index in [1.54, 1.807) is 0 Å². The van der Waals surface area contributed by atoms with Crippen LogP contribution in [0, 0.1) is 0 Å². The van der Waals surface area contributed by atoms with Crippen molar-refractivity contribution >= 4 is 45.4 Å². The van der Waals surface area contributed by atoms with E-state index in [2.05, 4.69) is 11.4 Å². The van der Waals surface area contributed by atoms with Crippen LogP contribution >= 0.6 is 23.5 Å². The third kappa shape index (κ3) is 3.42. The summed E-state index contributed by atoms with van der Waals surface area (Å²) in [5.74, 6) is 1.39. The summed E-state index contributed by atoms with van der Waals surface area (Å²) >= 11 is 2.70. The second-order valence-electron chi connectivity index (χ2n) is 6.65. The SMILES string of the molecule is O=C(CSCc1cc2cccc3c2n(c1=O)CCC3)NC1CCSC1=O. The van der Waals surface area contributed by atoms with Gasteiger partial charge in [-0.1, -0.05) is 30.0 Å². The first-order chi connectivity index (χ1) is 12.6. The highest BCUT2D eigenvalue weighted by molar-refractivity contribution is 8.14. The van der Waals surface area contributed by atoms with E-state index in [1.807, 2.05) is 22.8 Å². The van der Waals surface area contributed by atoms with E-state index in [0.29, 0.717) is 12.2 Å². The van der Waals surface area contributed by atoms with Crippen LogP contribution in [0.4, 0.5) is 0 Å². The molecule has 0 aliphatic carbocycles. The van der Waals surface area contributed by atoms with Gasteiger partial charge >= 0.3 is 0 Å². The molecular formula is C19H20N2O3S2. The van der Waals surface area contributed by atoms with E-state index in [-0.39, 0.29) is 28.4 Å². The van der Waals surface area contributed by atoms with Crippen molar-refractivity contribution in [3.8, 4) is 0 Å². The maximum atomic E-state index is 12.8. The molecule has 0 spiro atoms. The number of para-hydroxylation sites is 1. The lowest BCUT2D eigenvalue weighted by atomic mass is 10.0. The Balaban J connectivity index is 1.45. The van der Waals surface area contributed by atoms with Crippen LogP contribution in [-0.4, -0.2) is 33.1 Å². The van der Waals surface area contributed by atoms with Crippen LogP contribution in [0.25, 0.3) is 10.9 Å². The van der Waals surface area contributed by atoms with Crippen molar-refractivity contribution < 1.29 is 9.59 Å². The predicted molar refractivity (Wildman–Crippen MR) is 107 cm³/mol. The van der Waals surface area contributed by atoms with E-state index >= 15 is 0 Å². The summed E-state index contributed by atoms with van der Waals surface area (Å²) < 4.78 is 1.89. The number of benzene rings is 1. The molecule has 2 aromatic rings. The Hall–Kier alpha value is -1.73. The number of hydrogen-bond acceptors (Lipinski definition) is 5. The van der Waals surface area contributed by atoms with Gasteiger partial charge in [0.15, 0.2) is 0 Å². The predicted octanol–water partition coefficient (Wildman–Crippen LogP) is 2.33. The fraction of sp³-hybridized carbons (Fsp3) is 0.421. The minimum atomic E-state index is -0.345. The van der Waals surface area contributed by atoms with Crippen molar-refractivity contribution in [1.29, 1.82) is 0 Å². The number of pyridine rings is 1. The van der Waals surface area contributed by atoms with Crippen molar-refractivity contribution in [3.05, 3.63) is 45.7 Å². The number of carbonyl (C=O) groups is 2. The number of hydrogen-bond donors (Lipinski definition) is 1. The number of nitrogens with one attached hydrogen (secondary N) is 1. The Morgan fingerprint density at radius 1 is 1.35 bits per heavy atom. The van der Waals surface area contributed by atoms with Crippen molar-refractivity contribution in [2.75, 3.05) is 11.5 Å². The summed E-state index contributed by atoms with van der Waals surface area (Å²) in [5, 5.41) is 3.93. The number of carbonyl (C=O) groups excluding carboxylic acids is 2.